The SMILES string of the molecule is Nc1ccncc1CNc1ccc(F)cc1. The predicted octanol–water partition coefficient (Wildman–Crippen LogP) is 2.42. The van der Waals surface area contributed by atoms with Crippen LogP contribution < -0.4 is 11.1 Å². The third kappa shape index (κ3) is 2.48. The fourth-order valence-corrected chi connectivity index (χ4v) is 1.35. The maximum Gasteiger partial charge on any atom is 0.123 e. The number of pyridine rings is 1. The molecule has 16 heavy (non-hydrogen) atoms. The Bertz CT molecular complexity index is 468. The molecule has 0 bridgehead atoms. The highest BCUT2D eigenvalue weighted by atomic mass is 19.1. The number of nitrogen functional groups attached to an aromatic ring is 1. The smallest absolute Gasteiger partial charge is 0.123 e. The van der Waals surface area contributed by atoms with Gasteiger partial charge in [-0.25, -0.2) is 4.39 Å². The average molecular weight is 217 g/mol. The Kier molecular flexibility index (Phi) is 3.00. The Morgan fingerprint density at radius 3 is 2.62 bits per heavy atom. The number of nitrogens with two attached hydrogens (primary N) is 1. The maximum atomic E-state index is 12.7. The molecule has 1 aromatic heterocycles. The fraction of sp³-hybridized carbons (Fsp3) is 0.0833. The molecule has 1 heterocycles. The second-order valence-electron chi connectivity index (χ2n) is 3.43. The van der Waals surface area contributed by atoms with E-state index in [1.165, 1.54) is 12.1 Å². The Balaban J connectivity index is 2.02. The summed E-state index contributed by atoms with van der Waals surface area (Å²) in [5, 5.41) is 3.14. The van der Waals surface area contributed by atoms with E-state index in [0.29, 0.717) is 12.2 Å². The molecule has 0 radical (unpaired) electrons. The zero-order chi connectivity index (χ0) is 11.4. The van der Waals surface area contributed by atoms with Crippen LogP contribution in [0, 0.1) is 5.82 Å². The van der Waals surface area contributed by atoms with E-state index in [2.05, 4.69) is 10.3 Å². The first-order chi connectivity index (χ1) is 7.75. The van der Waals surface area contributed by atoms with Crippen molar-refractivity contribution in [2.24, 2.45) is 0 Å². The molecule has 0 aliphatic carbocycles. The summed E-state index contributed by atoms with van der Waals surface area (Å²) in [6.45, 7) is 0.575. The number of aromatic nitrogens is 1. The molecule has 0 spiro atoms. The molecule has 0 aliphatic heterocycles. The van der Waals surface area contributed by atoms with Crippen LogP contribution in [0.5, 0.6) is 0 Å². The van der Waals surface area contributed by atoms with E-state index in [1.54, 1.807) is 30.6 Å². The molecule has 0 atom stereocenters. The first kappa shape index (κ1) is 10.4. The molecule has 0 saturated carbocycles. The monoisotopic (exact) mass is 217 g/mol. The van der Waals surface area contributed by atoms with Crippen molar-refractivity contribution in [2.75, 3.05) is 11.1 Å². The van der Waals surface area contributed by atoms with E-state index in [0.717, 1.165) is 11.3 Å². The van der Waals surface area contributed by atoms with Gasteiger partial charge in [0.05, 0.1) is 0 Å². The molecule has 0 fully saturated rings. The van der Waals surface area contributed by atoms with Gasteiger partial charge in [0.15, 0.2) is 0 Å². The summed E-state index contributed by atoms with van der Waals surface area (Å²) in [6.07, 6.45) is 3.36. The minimum Gasteiger partial charge on any atom is -0.398 e. The summed E-state index contributed by atoms with van der Waals surface area (Å²) in [6, 6.07) is 7.94. The van der Waals surface area contributed by atoms with E-state index in [9.17, 15) is 4.39 Å². The summed E-state index contributed by atoms with van der Waals surface area (Å²) >= 11 is 0. The number of anilines is 2. The molecule has 2 rings (SSSR count). The molecule has 0 saturated heterocycles. The lowest BCUT2D eigenvalue weighted by Crippen LogP contribution is -2.03. The van der Waals surface area contributed by atoms with Gasteiger partial charge in [-0.15, -0.1) is 0 Å². The topological polar surface area (TPSA) is 50.9 Å². The predicted molar refractivity (Wildman–Crippen MR) is 62.4 cm³/mol. The van der Waals surface area contributed by atoms with Crippen LogP contribution in [0.2, 0.25) is 0 Å². The van der Waals surface area contributed by atoms with Gasteiger partial charge in [-0.3, -0.25) is 4.98 Å². The van der Waals surface area contributed by atoms with Crippen molar-refractivity contribution in [3.05, 3.63) is 54.1 Å². The van der Waals surface area contributed by atoms with Crippen molar-refractivity contribution in [3.63, 3.8) is 0 Å². The molecular weight excluding hydrogens is 205 g/mol. The van der Waals surface area contributed by atoms with Crippen LogP contribution in [-0.2, 0) is 6.54 Å². The lowest BCUT2D eigenvalue weighted by Gasteiger charge is -2.07. The van der Waals surface area contributed by atoms with Crippen LogP contribution in [0.15, 0.2) is 42.7 Å². The van der Waals surface area contributed by atoms with Gasteiger partial charge >= 0.3 is 0 Å². The molecule has 1 aromatic carbocycles. The van der Waals surface area contributed by atoms with Crippen molar-refractivity contribution < 1.29 is 4.39 Å². The third-order valence-electron chi connectivity index (χ3n) is 2.27. The van der Waals surface area contributed by atoms with Gasteiger partial charge in [-0.1, -0.05) is 0 Å². The van der Waals surface area contributed by atoms with Crippen LogP contribution in [-0.4, -0.2) is 4.98 Å². The van der Waals surface area contributed by atoms with Gasteiger partial charge in [0.2, 0.25) is 0 Å². The minimum atomic E-state index is -0.244. The molecule has 3 N–H and O–H groups in total. The van der Waals surface area contributed by atoms with E-state index in [1.807, 2.05) is 0 Å². The summed E-state index contributed by atoms with van der Waals surface area (Å²) in [5.74, 6) is -0.244. The summed E-state index contributed by atoms with van der Waals surface area (Å²) < 4.78 is 12.7. The van der Waals surface area contributed by atoms with Crippen molar-refractivity contribution in [1.29, 1.82) is 0 Å². The average Bonchev–Trinajstić information content (AvgIpc) is 2.30. The first-order valence-electron chi connectivity index (χ1n) is 4.93. The van der Waals surface area contributed by atoms with E-state index >= 15 is 0 Å². The number of rotatable bonds is 3. The maximum absolute atomic E-state index is 12.7. The Hall–Kier alpha value is -2.10. The Morgan fingerprint density at radius 2 is 1.94 bits per heavy atom. The molecule has 4 heteroatoms. The van der Waals surface area contributed by atoms with E-state index < -0.39 is 0 Å². The molecule has 2 aromatic rings. The molecule has 0 aliphatic rings. The highest BCUT2D eigenvalue weighted by Crippen LogP contribution is 2.13. The van der Waals surface area contributed by atoms with Gasteiger partial charge in [0.1, 0.15) is 5.82 Å². The Morgan fingerprint density at radius 1 is 1.19 bits per heavy atom. The number of hydrogen-bond donors (Lipinski definition) is 2. The largest absolute Gasteiger partial charge is 0.398 e. The van der Waals surface area contributed by atoms with Gasteiger partial charge in [-0.05, 0) is 30.3 Å². The van der Waals surface area contributed by atoms with Crippen molar-refractivity contribution in [2.45, 2.75) is 6.54 Å². The van der Waals surface area contributed by atoms with Gasteiger partial charge < -0.3 is 11.1 Å². The quantitative estimate of drug-likeness (QED) is 0.830. The fourth-order valence-electron chi connectivity index (χ4n) is 1.35. The summed E-state index contributed by atoms with van der Waals surface area (Å²) in [7, 11) is 0. The van der Waals surface area contributed by atoms with Crippen molar-refractivity contribution in [1.82, 2.24) is 4.98 Å². The highest BCUT2D eigenvalue weighted by Gasteiger charge is 1.98. The van der Waals surface area contributed by atoms with Gasteiger partial charge in [0, 0.05) is 35.9 Å². The van der Waals surface area contributed by atoms with E-state index in [-0.39, 0.29) is 5.82 Å². The van der Waals surface area contributed by atoms with Gasteiger partial charge in [-0.2, -0.15) is 0 Å². The van der Waals surface area contributed by atoms with Crippen LogP contribution in [0.1, 0.15) is 5.56 Å². The number of nitrogens with one attached hydrogen (secondary N) is 1. The highest BCUT2D eigenvalue weighted by molar-refractivity contribution is 5.48. The minimum absolute atomic E-state index is 0.244. The zero-order valence-electron chi connectivity index (χ0n) is 8.65. The molecule has 82 valence electrons. The van der Waals surface area contributed by atoms with Crippen LogP contribution >= 0.6 is 0 Å². The number of nitrogens with zero attached hydrogens (tertiary/aromatic N) is 1. The molecule has 3 nitrogen and oxygen atoms in total. The molecular formula is C12H12FN3. The van der Waals surface area contributed by atoms with Crippen LogP contribution in [0.3, 0.4) is 0 Å². The molecule has 0 unspecified atom stereocenters. The standard InChI is InChI=1S/C12H12FN3/c13-10-1-3-11(4-2-10)16-8-9-7-15-6-5-12(9)14/h1-7,16H,8H2,(H2,14,15). The normalized spacial score (nSPS) is 10.1. The van der Waals surface area contributed by atoms with Crippen LogP contribution in [0.4, 0.5) is 15.8 Å². The second kappa shape index (κ2) is 4.61. The second-order valence-corrected chi connectivity index (χ2v) is 3.43. The van der Waals surface area contributed by atoms with Crippen molar-refractivity contribution in [3.8, 4) is 0 Å². The summed E-state index contributed by atoms with van der Waals surface area (Å²) in [5.41, 5.74) is 8.24. The molecule has 0 amide bonds. The van der Waals surface area contributed by atoms with Crippen LogP contribution in [0.25, 0.3) is 0 Å². The van der Waals surface area contributed by atoms with Gasteiger partial charge in [0.25, 0.3) is 0 Å². The lowest BCUT2D eigenvalue weighted by atomic mass is 10.2. The number of hydrogen-bond acceptors (Lipinski definition) is 3. The number of benzene rings is 1. The lowest BCUT2D eigenvalue weighted by molar-refractivity contribution is 0.628. The third-order valence-corrected chi connectivity index (χ3v) is 2.27. The Labute approximate surface area is 93.1 Å². The zero-order valence-corrected chi connectivity index (χ0v) is 8.65. The number of halogens is 1. The summed E-state index contributed by atoms with van der Waals surface area (Å²) in [4.78, 5) is 3.99. The first-order valence-corrected chi connectivity index (χ1v) is 4.93. The van der Waals surface area contributed by atoms with Crippen molar-refractivity contribution >= 4 is 11.4 Å². The van der Waals surface area contributed by atoms with E-state index in [4.69, 9.17) is 5.73 Å².